The maximum Gasteiger partial charge on any atom is 0.191 e. The van der Waals surface area contributed by atoms with Gasteiger partial charge in [0.2, 0.25) is 0 Å². The fourth-order valence-electron chi connectivity index (χ4n) is 3.89. The minimum absolute atomic E-state index is 0. The molecule has 2 aliphatic rings. The number of ether oxygens (including phenoxy) is 1. The van der Waals surface area contributed by atoms with Crippen LogP contribution in [-0.2, 0) is 11.3 Å². The topological polar surface area (TPSA) is 61.8 Å². The lowest BCUT2D eigenvalue weighted by atomic mass is 9.75. The van der Waals surface area contributed by atoms with E-state index in [0.29, 0.717) is 11.5 Å². The van der Waals surface area contributed by atoms with Crippen molar-refractivity contribution in [3.63, 3.8) is 0 Å². The molecule has 0 radical (unpaired) electrons. The molecule has 2 N–H and O–H groups in total. The van der Waals surface area contributed by atoms with Crippen LogP contribution in [0.1, 0.15) is 52.0 Å². The number of aliphatic imine (C=N–C) groups is 1. The molecular formula is C21H36IN5O. The van der Waals surface area contributed by atoms with Gasteiger partial charge in [0.1, 0.15) is 5.82 Å². The highest BCUT2D eigenvalue weighted by Crippen LogP contribution is 2.34. The Balaban J connectivity index is 0.00000280. The average Bonchev–Trinajstić information content (AvgIpc) is 2.66. The van der Waals surface area contributed by atoms with Gasteiger partial charge in [0.25, 0.3) is 0 Å². The van der Waals surface area contributed by atoms with Crippen LogP contribution in [-0.4, -0.2) is 49.8 Å². The Morgan fingerprint density at radius 3 is 2.79 bits per heavy atom. The highest BCUT2D eigenvalue weighted by Gasteiger charge is 2.27. The summed E-state index contributed by atoms with van der Waals surface area (Å²) in [5, 5.41) is 7.05. The third-order valence-corrected chi connectivity index (χ3v) is 5.74. The van der Waals surface area contributed by atoms with Gasteiger partial charge in [-0.15, -0.1) is 24.0 Å². The first-order valence-electron chi connectivity index (χ1n) is 10.2. The molecule has 1 aromatic rings. The minimum Gasteiger partial charge on any atom is -0.375 e. The van der Waals surface area contributed by atoms with Gasteiger partial charge in [0.05, 0.1) is 12.7 Å². The van der Waals surface area contributed by atoms with Gasteiger partial charge in [0.15, 0.2) is 5.96 Å². The molecule has 7 heteroatoms. The molecule has 1 aliphatic heterocycles. The second-order valence-electron chi connectivity index (χ2n) is 8.66. The second kappa shape index (κ2) is 10.6. The quantitative estimate of drug-likeness (QED) is 0.376. The molecule has 1 saturated heterocycles. The highest BCUT2D eigenvalue weighted by atomic mass is 127. The van der Waals surface area contributed by atoms with Crippen LogP contribution >= 0.6 is 24.0 Å². The lowest BCUT2D eigenvalue weighted by Gasteiger charge is -2.35. The van der Waals surface area contributed by atoms with Gasteiger partial charge in [-0.3, -0.25) is 4.99 Å². The summed E-state index contributed by atoms with van der Waals surface area (Å²) >= 11 is 0. The molecule has 3 rings (SSSR count). The number of anilines is 1. The molecule has 2 heterocycles. The predicted octanol–water partition coefficient (Wildman–Crippen LogP) is 3.56. The number of nitrogens with one attached hydrogen (secondary N) is 2. The number of aromatic nitrogens is 1. The smallest absolute Gasteiger partial charge is 0.191 e. The Bertz CT molecular complexity index is 641. The first-order valence-corrected chi connectivity index (χ1v) is 10.2. The van der Waals surface area contributed by atoms with E-state index in [-0.39, 0.29) is 30.1 Å². The summed E-state index contributed by atoms with van der Waals surface area (Å²) in [6.07, 6.45) is 7.11. The van der Waals surface area contributed by atoms with Gasteiger partial charge < -0.3 is 20.3 Å². The molecule has 1 saturated carbocycles. The lowest BCUT2D eigenvalue weighted by Crippen LogP contribution is -2.45. The molecule has 0 aromatic carbocycles. The first-order chi connectivity index (χ1) is 12.9. The van der Waals surface area contributed by atoms with E-state index in [4.69, 9.17) is 4.74 Å². The largest absolute Gasteiger partial charge is 0.375 e. The lowest BCUT2D eigenvalue weighted by molar-refractivity contribution is 0.0529. The van der Waals surface area contributed by atoms with Crippen LogP contribution in [0.4, 0.5) is 5.82 Å². The summed E-state index contributed by atoms with van der Waals surface area (Å²) in [6.45, 7) is 10.1. The summed E-state index contributed by atoms with van der Waals surface area (Å²) in [4.78, 5) is 11.3. The molecular weight excluding hydrogens is 465 g/mol. The number of rotatable bonds is 4. The third kappa shape index (κ3) is 6.76. The van der Waals surface area contributed by atoms with E-state index in [1.165, 1.54) is 31.2 Å². The predicted molar refractivity (Wildman–Crippen MR) is 127 cm³/mol. The zero-order chi connectivity index (χ0) is 19.3. The standard InChI is InChI=1S/C21H35N5O.HI/c1-16-15-26(11-12-27-16)19-13-17(7-10-23-19)14-24-20(22-4)25-18-5-8-21(2,3)9-6-18;/h7,10,13,16,18H,5-6,8-9,11-12,14-15H2,1-4H3,(H2,22,24,25);1H. The number of pyridine rings is 1. The molecule has 2 fully saturated rings. The van der Waals surface area contributed by atoms with Crippen LogP contribution in [0, 0.1) is 5.41 Å². The van der Waals surface area contributed by atoms with Crippen LogP contribution in [0.25, 0.3) is 0 Å². The van der Waals surface area contributed by atoms with Gasteiger partial charge >= 0.3 is 0 Å². The van der Waals surface area contributed by atoms with Crippen molar-refractivity contribution in [3.8, 4) is 0 Å². The van der Waals surface area contributed by atoms with Crippen LogP contribution in [0.2, 0.25) is 0 Å². The average molecular weight is 501 g/mol. The Kier molecular flexibility index (Phi) is 8.80. The number of halogens is 1. The van der Waals surface area contributed by atoms with Crippen LogP contribution < -0.4 is 15.5 Å². The molecule has 28 heavy (non-hydrogen) atoms. The van der Waals surface area contributed by atoms with E-state index < -0.39 is 0 Å². The summed E-state index contributed by atoms with van der Waals surface area (Å²) in [6, 6.07) is 4.75. The summed E-state index contributed by atoms with van der Waals surface area (Å²) in [5.41, 5.74) is 1.70. The van der Waals surface area contributed by atoms with Gasteiger partial charge in [-0.25, -0.2) is 4.98 Å². The Morgan fingerprint density at radius 1 is 1.36 bits per heavy atom. The number of guanidine groups is 1. The highest BCUT2D eigenvalue weighted by molar-refractivity contribution is 14.0. The monoisotopic (exact) mass is 501 g/mol. The van der Waals surface area contributed by atoms with Crippen LogP contribution in [0.5, 0.6) is 0 Å². The van der Waals surface area contributed by atoms with Crippen molar-refractivity contribution in [2.24, 2.45) is 10.4 Å². The normalized spacial score (nSPS) is 23.1. The van der Waals surface area contributed by atoms with Crippen molar-refractivity contribution >= 4 is 35.8 Å². The molecule has 158 valence electrons. The number of nitrogens with zero attached hydrogens (tertiary/aromatic N) is 3. The van der Waals surface area contributed by atoms with E-state index in [0.717, 1.165) is 38.0 Å². The fraction of sp³-hybridized carbons (Fsp3) is 0.714. The van der Waals surface area contributed by atoms with Gasteiger partial charge in [-0.2, -0.15) is 0 Å². The maximum absolute atomic E-state index is 5.63. The van der Waals surface area contributed by atoms with Crippen molar-refractivity contribution in [2.45, 2.75) is 65.1 Å². The second-order valence-corrected chi connectivity index (χ2v) is 8.66. The van der Waals surface area contributed by atoms with Gasteiger partial charge in [-0.1, -0.05) is 13.8 Å². The fourth-order valence-corrected chi connectivity index (χ4v) is 3.89. The maximum atomic E-state index is 5.63. The van der Waals surface area contributed by atoms with Crippen molar-refractivity contribution in [3.05, 3.63) is 23.9 Å². The van der Waals surface area contributed by atoms with Gasteiger partial charge in [0, 0.05) is 38.9 Å². The first kappa shape index (κ1) is 23.2. The van der Waals surface area contributed by atoms with Crippen molar-refractivity contribution in [2.75, 3.05) is 31.6 Å². The van der Waals surface area contributed by atoms with E-state index in [1.807, 2.05) is 13.2 Å². The van der Waals surface area contributed by atoms with Crippen molar-refractivity contribution < 1.29 is 4.74 Å². The zero-order valence-electron chi connectivity index (χ0n) is 17.7. The zero-order valence-corrected chi connectivity index (χ0v) is 20.0. The Hall–Kier alpha value is -1.09. The summed E-state index contributed by atoms with van der Waals surface area (Å²) in [5.74, 6) is 1.92. The summed E-state index contributed by atoms with van der Waals surface area (Å²) in [7, 11) is 1.84. The molecule has 0 bridgehead atoms. The third-order valence-electron chi connectivity index (χ3n) is 5.74. The molecule has 0 amide bonds. The van der Waals surface area contributed by atoms with E-state index in [9.17, 15) is 0 Å². The van der Waals surface area contributed by atoms with Crippen LogP contribution in [0.3, 0.4) is 0 Å². The van der Waals surface area contributed by atoms with Crippen molar-refractivity contribution in [1.29, 1.82) is 0 Å². The molecule has 1 atom stereocenters. The van der Waals surface area contributed by atoms with Gasteiger partial charge in [-0.05, 0) is 55.7 Å². The Labute approximate surface area is 186 Å². The Morgan fingerprint density at radius 2 is 2.11 bits per heavy atom. The molecule has 1 aliphatic carbocycles. The number of hydrogen-bond donors (Lipinski definition) is 2. The van der Waals surface area contributed by atoms with E-state index in [1.54, 1.807) is 0 Å². The summed E-state index contributed by atoms with van der Waals surface area (Å²) < 4.78 is 5.63. The molecule has 6 nitrogen and oxygen atoms in total. The van der Waals surface area contributed by atoms with Crippen LogP contribution in [0.15, 0.2) is 23.3 Å². The number of morpholine rings is 1. The van der Waals surface area contributed by atoms with Crippen molar-refractivity contribution in [1.82, 2.24) is 15.6 Å². The molecule has 0 spiro atoms. The SMILES string of the molecule is CN=C(NCc1ccnc(N2CCOC(C)C2)c1)NC1CCC(C)(C)CC1.I. The number of hydrogen-bond acceptors (Lipinski definition) is 4. The van der Waals surface area contributed by atoms with E-state index in [2.05, 4.69) is 58.4 Å². The minimum atomic E-state index is 0. The molecule has 1 aromatic heterocycles. The molecule has 1 unspecified atom stereocenters. The van der Waals surface area contributed by atoms with E-state index >= 15 is 0 Å².